The lowest BCUT2D eigenvalue weighted by Crippen LogP contribution is -2.46. The topological polar surface area (TPSA) is 103 Å². The van der Waals surface area contributed by atoms with Gasteiger partial charge in [0.2, 0.25) is 5.91 Å². The van der Waals surface area contributed by atoms with Gasteiger partial charge in [0, 0.05) is 39.3 Å². The number of hydrogen-bond donors (Lipinski definition) is 2. The fourth-order valence-corrected chi connectivity index (χ4v) is 2.77. The van der Waals surface area contributed by atoms with Gasteiger partial charge in [-0.2, -0.15) is 0 Å². The number of anilines is 1. The second-order valence-electron chi connectivity index (χ2n) is 6.09. The van der Waals surface area contributed by atoms with E-state index in [0.717, 1.165) is 31.7 Å². The Kier molecular flexibility index (Phi) is 6.32. The summed E-state index contributed by atoms with van der Waals surface area (Å²) in [4.78, 5) is 42.7. The number of carbonyl (C=O) groups is 3. The van der Waals surface area contributed by atoms with Gasteiger partial charge in [-0.05, 0) is 31.9 Å². The van der Waals surface area contributed by atoms with E-state index in [-0.39, 0.29) is 19.0 Å². The van der Waals surface area contributed by atoms with Crippen LogP contribution in [0.15, 0.2) is 18.3 Å². The van der Waals surface area contributed by atoms with Crippen molar-refractivity contribution in [3.05, 3.63) is 23.9 Å². The Morgan fingerprint density at radius 1 is 1.32 bits per heavy atom. The van der Waals surface area contributed by atoms with Crippen molar-refractivity contribution in [2.45, 2.75) is 32.7 Å². The second-order valence-corrected chi connectivity index (χ2v) is 6.09. The Bertz CT molecular complexity index is 626. The summed E-state index contributed by atoms with van der Waals surface area (Å²) in [6, 6.07) is 2.46. The molecule has 0 aromatic carbocycles. The molecule has 1 fully saturated rings. The van der Waals surface area contributed by atoms with Crippen molar-refractivity contribution < 1.29 is 19.5 Å². The molecule has 1 aromatic heterocycles. The van der Waals surface area contributed by atoms with E-state index in [1.807, 2.05) is 0 Å². The molecule has 25 heavy (non-hydrogen) atoms. The summed E-state index contributed by atoms with van der Waals surface area (Å²) < 4.78 is 0. The van der Waals surface area contributed by atoms with E-state index in [1.165, 1.54) is 24.9 Å². The first-order chi connectivity index (χ1) is 11.9. The lowest BCUT2D eigenvalue weighted by Gasteiger charge is -2.26. The maximum Gasteiger partial charge on any atom is 0.326 e. The number of carboxylic acids is 1. The number of nitrogens with zero attached hydrogens (tertiary/aromatic N) is 3. The van der Waals surface area contributed by atoms with Gasteiger partial charge in [0.05, 0.1) is 5.56 Å². The van der Waals surface area contributed by atoms with Crippen LogP contribution in [0.1, 0.15) is 37.0 Å². The van der Waals surface area contributed by atoms with Crippen LogP contribution in [0.5, 0.6) is 0 Å². The Morgan fingerprint density at radius 3 is 2.52 bits per heavy atom. The highest BCUT2D eigenvalue weighted by Crippen LogP contribution is 2.18. The largest absolute Gasteiger partial charge is 0.480 e. The van der Waals surface area contributed by atoms with Crippen molar-refractivity contribution in [3.63, 3.8) is 0 Å². The average molecular weight is 348 g/mol. The molecule has 0 aliphatic carbocycles. The molecule has 0 saturated carbocycles. The molecule has 1 unspecified atom stereocenters. The number of nitrogens with one attached hydrogen (secondary N) is 1. The third-order valence-electron chi connectivity index (χ3n) is 4.24. The highest BCUT2D eigenvalue weighted by atomic mass is 16.4. The van der Waals surface area contributed by atoms with Gasteiger partial charge in [0.1, 0.15) is 11.9 Å². The fraction of sp³-hybridized carbons (Fsp3) is 0.529. The van der Waals surface area contributed by atoms with E-state index in [9.17, 15) is 19.5 Å². The van der Waals surface area contributed by atoms with Crippen molar-refractivity contribution in [1.82, 2.24) is 15.2 Å². The van der Waals surface area contributed by atoms with E-state index in [4.69, 9.17) is 0 Å². The monoisotopic (exact) mass is 348 g/mol. The van der Waals surface area contributed by atoms with Crippen LogP contribution in [0.25, 0.3) is 0 Å². The molecule has 8 nitrogen and oxygen atoms in total. The zero-order chi connectivity index (χ0) is 18.4. The van der Waals surface area contributed by atoms with Gasteiger partial charge < -0.3 is 20.2 Å². The standard InChI is InChI=1S/C17H24N4O4/c1-12(17(24)25)21(10-7-18-13(2)22)16(23)14-5-6-15(19-11-14)20-8-3-4-9-20/h5-6,11-12H,3-4,7-10H2,1-2H3,(H,18,22)(H,24,25). The highest BCUT2D eigenvalue weighted by molar-refractivity contribution is 5.96. The van der Waals surface area contributed by atoms with Gasteiger partial charge in [0.25, 0.3) is 5.91 Å². The quantitative estimate of drug-likeness (QED) is 0.753. The van der Waals surface area contributed by atoms with E-state index in [0.29, 0.717) is 5.56 Å². The molecular weight excluding hydrogens is 324 g/mol. The van der Waals surface area contributed by atoms with Crippen LogP contribution in [-0.2, 0) is 9.59 Å². The van der Waals surface area contributed by atoms with Gasteiger partial charge in [-0.1, -0.05) is 0 Å². The van der Waals surface area contributed by atoms with Crippen molar-refractivity contribution in [2.24, 2.45) is 0 Å². The lowest BCUT2D eigenvalue weighted by atomic mass is 10.2. The van der Waals surface area contributed by atoms with Crippen LogP contribution in [0.2, 0.25) is 0 Å². The maximum atomic E-state index is 12.7. The minimum atomic E-state index is -1.10. The molecular formula is C17H24N4O4. The smallest absolute Gasteiger partial charge is 0.326 e. The number of carbonyl (C=O) groups excluding carboxylic acids is 2. The highest BCUT2D eigenvalue weighted by Gasteiger charge is 2.26. The Labute approximate surface area is 146 Å². The SMILES string of the molecule is CC(=O)NCCN(C(=O)c1ccc(N2CCCC2)nc1)C(C)C(=O)O. The molecule has 1 aromatic rings. The summed E-state index contributed by atoms with van der Waals surface area (Å²) in [6.45, 7) is 5.03. The van der Waals surface area contributed by atoms with Gasteiger partial charge >= 0.3 is 5.97 Å². The van der Waals surface area contributed by atoms with Crippen molar-refractivity contribution in [3.8, 4) is 0 Å². The summed E-state index contributed by atoms with van der Waals surface area (Å²) in [5.74, 6) is -0.921. The molecule has 1 atom stereocenters. The van der Waals surface area contributed by atoms with Gasteiger partial charge in [-0.3, -0.25) is 9.59 Å². The van der Waals surface area contributed by atoms with Crippen LogP contribution < -0.4 is 10.2 Å². The zero-order valence-corrected chi connectivity index (χ0v) is 14.6. The number of hydrogen-bond acceptors (Lipinski definition) is 5. The molecule has 0 spiro atoms. The third kappa shape index (κ3) is 4.91. The number of aliphatic carboxylic acids is 1. The number of pyridine rings is 1. The second kappa shape index (κ2) is 8.46. The van der Waals surface area contributed by atoms with Gasteiger partial charge in [-0.25, -0.2) is 9.78 Å². The molecule has 2 heterocycles. The van der Waals surface area contributed by atoms with Crippen LogP contribution >= 0.6 is 0 Å². The molecule has 0 radical (unpaired) electrons. The summed E-state index contributed by atoms with van der Waals surface area (Å²) in [5, 5.41) is 11.8. The number of rotatable bonds is 7. The summed E-state index contributed by atoms with van der Waals surface area (Å²) in [6.07, 6.45) is 3.75. The molecule has 8 heteroatoms. The summed E-state index contributed by atoms with van der Waals surface area (Å²) in [7, 11) is 0. The fourth-order valence-electron chi connectivity index (χ4n) is 2.77. The van der Waals surface area contributed by atoms with Crippen LogP contribution in [0.4, 0.5) is 5.82 Å². The zero-order valence-electron chi connectivity index (χ0n) is 14.6. The molecule has 1 saturated heterocycles. The molecule has 2 amide bonds. The number of aromatic nitrogens is 1. The minimum absolute atomic E-state index is 0.111. The number of amides is 2. The van der Waals surface area contributed by atoms with Crippen LogP contribution in [-0.4, -0.2) is 65.0 Å². The molecule has 2 N–H and O–H groups in total. The molecule has 1 aliphatic heterocycles. The maximum absolute atomic E-state index is 12.7. The van der Waals surface area contributed by atoms with Crippen LogP contribution in [0.3, 0.4) is 0 Å². The lowest BCUT2D eigenvalue weighted by molar-refractivity contribution is -0.141. The van der Waals surface area contributed by atoms with Crippen molar-refractivity contribution >= 4 is 23.6 Å². The van der Waals surface area contributed by atoms with Crippen molar-refractivity contribution in [2.75, 3.05) is 31.1 Å². The van der Waals surface area contributed by atoms with E-state index in [2.05, 4.69) is 15.2 Å². The molecule has 0 bridgehead atoms. The predicted octanol–water partition coefficient (Wildman–Crippen LogP) is 0.733. The summed E-state index contributed by atoms with van der Waals surface area (Å²) >= 11 is 0. The van der Waals surface area contributed by atoms with Gasteiger partial charge in [-0.15, -0.1) is 0 Å². The van der Waals surface area contributed by atoms with E-state index >= 15 is 0 Å². The van der Waals surface area contributed by atoms with E-state index < -0.39 is 17.9 Å². The van der Waals surface area contributed by atoms with Crippen LogP contribution in [0, 0.1) is 0 Å². The Hall–Kier alpha value is -2.64. The molecule has 2 rings (SSSR count). The first kappa shape index (κ1) is 18.7. The normalized spacial score (nSPS) is 14.9. The average Bonchev–Trinajstić information content (AvgIpc) is 3.12. The Balaban J connectivity index is 2.10. The number of carboxylic acid groups (broad SMARTS) is 1. The minimum Gasteiger partial charge on any atom is -0.480 e. The first-order valence-electron chi connectivity index (χ1n) is 8.39. The van der Waals surface area contributed by atoms with E-state index in [1.54, 1.807) is 12.1 Å². The Morgan fingerprint density at radius 2 is 2.00 bits per heavy atom. The summed E-state index contributed by atoms with van der Waals surface area (Å²) in [5.41, 5.74) is 0.332. The first-order valence-corrected chi connectivity index (χ1v) is 8.39. The predicted molar refractivity (Wildman–Crippen MR) is 92.5 cm³/mol. The van der Waals surface area contributed by atoms with Gasteiger partial charge in [0.15, 0.2) is 0 Å². The third-order valence-corrected chi connectivity index (χ3v) is 4.24. The molecule has 1 aliphatic rings. The molecule has 136 valence electrons. The van der Waals surface area contributed by atoms with Crippen molar-refractivity contribution in [1.29, 1.82) is 0 Å².